The van der Waals surface area contributed by atoms with Gasteiger partial charge in [-0.1, -0.05) is 30.3 Å². The van der Waals surface area contributed by atoms with E-state index < -0.39 is 10.0 Å². The van der Waals surface area contributed by atoms with Gasteiger partial charge in [-0.15, -0.1) is 0 Å². The molecule has 1 aliphatic heterocycles. The lowest BCUT2D eigenvalue weighted by atomic mass is 10.1. The molecule has 0 spiro atoms. The fourth-order valence-corrected chi connectivity index (χ4v) is 5.39. The average Bonchev–Trinajstić information content (AvgIpc) is 3.11. The summed E-state index contributed by atoms with van der Waals surface area (Å²) in [7, 11) is -1.61. The number of amides is 1. The predicted octanol–water partition coefficient (Wildman–Crippen LogP) is 2.04. The number of rotatable bonds is 4. The maximum atomic E-state index is 13.0. The molecular weight excluding hydrogens is 374 g/mol. The number of aryl methyl sites for hydroxylation is 1. The molecule has 0 bridgehead atoms. The van der Waals surface area contributed by atoms with Gasteiger partial charge in [-0.05, 0) is 49.2 Å². The summed E-state index contributed by atoms with van der Waals surface area (Å²) in [6, 6.07) is 14.5. The number of hydrogen-bond donors (Lipinski definition) is 1. The normalized spacial score (nSPS) is 20.7. The molecule has 2 aromatic rings. The van der Waals surface area contributed by atoms with Crippen LogP contribution in [0.15, 0.2) is 53.4 Å². The highest BCUT2D eigenvalue weighted by atomic mass is 32.2. The van der Waals surface area contributed by atoms with Gasteiger partial charge in [-0.2, -0.15) is 4.31 Å². The third kappa shape index (κ3) is 3.70. The molecule has 0 radical (unpaired) electrons. The van der Waals surface area contributed by atoms with Gasteiger partial charge in [0.25, 0.3) is 5.91 Å². The number of nitrogens with one attached hydrogen (secondary N) is 1. The van der Waals surface area contributed by atoms with E-state index in [0.717, 1.165) is 18.4 Å². The minimum absolute atomic E-state index is 0.0263. The summed E-state index contributed by atoms with van der Waals surface area (Å²) in [4.78, 5) is 15.1. The largest absolute Gasteiger partial charge is 0.345 e. The maximum absolute atomic E-state index is 13.0. The van der Waals surface area contributed by atoms with Gasteiger partial charge in [0, 0.05) is 31.7 Å². The lowest BCUT2D eigenvalue weighted by Gasteiger charge is -2.31. The number of sulfonamides is 1. The fraction of sp³-hybridized carbons (Fsp3) is 0.381. The first-order valence-corrected chi connectivity index (χ1v) is 11.1. The first-order chi connectivity index (χ1) is 13.4. The number of hydrogen-bond acceptors (Lipinski definition) is 4. The summed E-state index contributed by atoms with van der Waals surface area (Å²) in [6.07, 6.45) is 1.81. The van der Waals surface area contributed by atoms with Crippen LogP contribution in [0, 0.1) is 0 Å². The molecule has 7 heteroatoms. The Morgan fingerprint density at radius 1 is 1.04 bits per heavy atom. The Labute approximate surface area is 166 Å². The third-order valence-corrected chi connectivity index (χ3v) is 7.53. The summed E-state index contributed by atoms with van der Waals surface area (Å²) < 4.78 is 27.4. The van der Waals surface area contributed by atoms with Gasteiger partial charge in [-0.25, -0.2) is 8.42 Å². The SMILES string of the molecule is CN1CCN(S(=O)(=O)c2cccc(C(=O)N[C@@H]3CCc4ccccc43)c2)CC1. The summed E-state index contributed by atoms with van der Waals surface area (Å²) in [5.74, 6) is -0.239. The second kappa shape index (κ2) is 7.66. The Morgan fingerprint density at radius 3 is 2.57 bits per heavy atom. The molecule has 4 rings (SSSR count). The zero-order chi connectivity index (χ0) is 19.7. The Bertz CT molecular complexity index is 982. The van der Waals surface area contributed by atoms with Crippen LogP contribution in [-0.4, -0.2) is 56.8 Å². The van der Waals surface area contributed by atoms with Crippen LogP contribution in [0.3, 0.4) is 0 Å². The van der Waals surface area contributed by atoms with E-state index in [1.54, 1.807) is 18.2 Å². The Balaban J connectivity index is 1.51. The van der Waals surface area contributed by atoms with Crippen LogP contribution in [0.1, 0.15) is 33.9 Å². The number of benzene rings is 2. The summed E-state index contributed by atoms with van der Waals surface area (Å²) in [5, 5.41) is 3.06. The van der Waals surface area contributed by atoms with Gasteiger partial charge in [0.15, 0.2) is 0 Å². The molecule has 148 valence electrons. The number of piperazine rings is 1. The van der Waals surface area contributed by atoms with Crippen molar-refractivity contribution in [3.05, 3.63) is 65.2 Å². The van der Waals surface area contributed by atoms with Crippen molar-refractivity contribution in [2.45, 2.75) is 23.8 Å². The number of carbonyl (C=O) groups excluding carboxylic acids is 1. The molecule has 1 N–H and O–H groups in total. The third-order valence-electron chi connectivity index (χ3n) is 5.63. The van der Waals surface area contributed by atoms with Crippen LogP contribution in [0.2, 0.25) is 0 Å². The predicted molar refractivity (Wildman–Crippen MR) is 108 cm³/mol. The average molecular weight is 400 g/mol. The van der Waals surface area contributed by atoms with Crippen LogP contribution in [0.5, 0.6) is 0 Å². The molecular formula is C21H25N3O3S. The Hall–Kier alpha value is -2.22. The molecule has 1 saturated heterocycles. The quantitative estimate of drug-likeness (QED) is 0.854. The maximum Gasteiger partial charge on any atom is 0.251 e. The van der Waals surface area contributed by atoms with E-state index in [2.05, 4.69) is 16.3 Å². The van der Waals surface area contributed by atoms with E-state index >= 15 is 0 Å². The summed E-state index contributed by atoms with van der Waals surface area (Å²) >= 11 is 0. The van der Waals surface area contributed by atoms with E-state index in [1.807, 2.05) is 25.2 Å². The first-order valence-electron chi connectivity index (χ1n) is 9.62. The molecule has 0 unspecified atom stereocenters. The van der Waals surface area contributed by atoms with E-state index in [9.17, 15) is 13.2 Å². The molecule has 2 aromatic carbocycles. The number of nitrogens with zero attached hydrogens (tertiary/aromatic N) is 2. The zero-order valence-electron chi connectivity index (χ0n) is 16.0. The lowest BCUT2D eigenvalue weighted by Crippen LogP contribution is -2.47. The van der Waals surface area contributed by atoms with Gasteiger partial charge in [0.05, 0.1) is 10.9 Å². The smallest absolute Gasteiger partial charge is 0.251 e. The molecule has 6 nitrogen and oxygen atoms in total. The van der Waals surface area contributed by atoms with Gasteiger partial charge in [-0.3, -0.25) is 4.79 Å². The lowest BCUT2D eigenvalue weighted by molar-refractivity contribution is 0.0936. The van der Waals surface area contributed by atoms with Gasteiger partial charge < -0.3 is 10.2 Å². The van der Waals surface area contributed by atoms with Crippen molar-refractivity contribution >= 4 is 15.9 Å². The molecule has 2 aliphatic rings. The fourth-order valence-electron chi connectivity index (χ4n) is 3.92. The highest BCUT2D eigenvalue weighted by Gasteiger charge is 2.28. The van der Waals surface area contributed by atoms with Crippen molar-refractivity contribution in [1.29, 1.82) is 0 Å². The second-order valence-corrected chi connectivity index (χ2v) is 9.44. The Morgan fingerprint density at radius 2 is 1.79 bits per heavy atom. The molecule has 1 amide bonds. The monoisotopic (exact) mass is 399 g/mol. The van der Waals surface area contributed by atoms with Gasteiger partial charge in [0.2, 0.25) is 10.0 Å². The van der Waals surface area contributed by atoms with Crippen molar-refractivity contribution in [3.63, 3.8) is 0 Å². The molecule has 1 heterocycles. The minimum atomic E-state index is -3.59. The van der Waals surface area contributed by atoms with E-state index in [-0.39, 0.29) is 16.8 Å². The minimum Gasteiger partial charge on any atom is -0.345 e. The second-order valence-electron chi connectivity index (χ2n) is 7.50. The van der Waals surface area contributed by atoms with Crippen LogP contribution in [-0.2, 0) is 16.4 Å². The van der Waals surface area contributed by atoms with Crippen molar-refractivity contribution < 1.29 is 13.2 Å². The number of fused-ring (bicyclic) bond motifs is 1. The van der Waals surface area contributed by atoms with Crippen LogP contribution in [0.4, 0.5) is 0 Å². The molecule has 0 aromatic heterocycles. The van der Waals surface area contributed by atoms with Crippen LogP contribution < -0.4 is 5.32 Å². The van der Waals surface area contributed by atoms with E-state index in [4.69, 9.17) is 0 Å². The van der Waals surface area contributed by atoms with Crippen molar-refractivity contribution in [3.8, 4) is 0 Å². The summed E-state index contributed by atoms with van der Waals surface area (Å²) in [6.45, 7) is 2.35. The van der Waals surface area contributed by atoms with Gasteiger partial charge in [0.1, 0.15) is 0 Å². The first kappa shape index (κ1) is 19.1. The van der Waals surface area contributed by atoms with Crippen LogP contribution >= 0.6 is 0 Å². The standard InChI is InChI=1S/C21H25N3O3S/c1-23-11-13-24(14-12-23)28(26,27)18-7-4-6-17(15-18)21(25)22-20-10-9-16-5-2-3-8-19(16)20/h2-8,15,20H,9-14H2,1H3,(H,22,25)/t20-/m1/s1. The van der Waals surface area contributed by atoms with E-state index in [0.29, 0.717) is 31.7 Å². The summed E-state index contributed by atoms with van der Waals surface area (Å²) in [5.41, 5.74) is 2.79. The molecule has 28 heavy (non-hydrogen) atoms. The van der Waals surface area contributed by atoms with Crippen molar-refractivity contribution in [2.24, 2.45) is 0 Å². The Kier molecular flexibility index (Phi) is 5.23. The van der Waals surface area contributed by atoms with Crippen molar-refractivity contribution in [1.82, 2.24) is 14.5 Å². The zero-order valence-corrected chi connectivity index (χ0v) is 16.8. The highest BCUT2D eigenvalue weighted by Crippen LogP contribution is 2.31. The molecule has 1 atom stereocenters. The number of likely N-dealkylation sites (N-methyl/N-ethyl adjacent to an activating group) is 1. The highest BCUT2D eigenvalue weighted by molar-refractivity contribution is 7.89. The topological polar surface area (TPSA) is 69.7 Å². The van der Waals surface area contributed by atoms with Crippen LogP contribution in [0.25, 0.3) is 0 Å². The molecule has 1 fully saturated rings. The molecule has 1 aliphatic carbocycles. The van der Waals surface area contributed by atoms with Gasteiger partial charge >= 0.3 is 0 Å². The van der Waals surface area contributed by atoms with E-state index in [1.165, 1.54) is 15.9 Å². The van der Waals surface area contributed by atoms with Crippen molar-refractivity contribution in [2.75, 3.05) is 33.2 Å². The number of carbonyl (C=O) groups is 1. The molecule has 0 saturated carbocycles.